The molecule has 4 atom stereocenters. The Morgan fingerprint density at radius 1 is 1.57 bits per heavy atom. The number of hydrogen-bond acceptors (Lipinski definition) is 2. The van der Waals surface area contributed by atoms with Crippen molar-refractivity contribution in [2.45, 2.75) is 44.8 Å². The van der Waals surface area contributed by atoms with Crippen molar-refractivity contribution >= 4 is 0 Å². The Balaban J connectivity index is 1.56. The van der Waals surface area contributed by atoms with Crippen molar-refractivity contribution in [1.29, 1.82) is 0 Å². The Morgan fingerprint density at radius 2 is 2.43 bits per heavy atom. The van der Waals surface area contributed by atoms with E-state index < -0.39 is 0 Å². The molecule has 2 nitrogen and oxygen atoms in total. The van der Waals surface area contributed by atoms with Gasteiger partial charge in [-0.3, -0.25) is 0 Å². The van der Waals surface area contributed by atoms with Crippen LogP contribution in [0.4, 0.5) is 0 Å². The van der Waals surface area contributed by atoms with E-state index in [9.17, 15) is 0 Å². The number of nitrogens with one attached hydrogen (secondary N) is 1. The summed E-state index contributed by atoms with van der Waals surface area (Å²) in [4.78, 5) is 0. The van der Waals surface area contributed by atoms with Gasteiger partial charge >= 0.3 is 0 Å². The highest BCUT2D eigenvalue weighted by atomic mass is 16.3. The van der Waals surface area contributed by atoms with Crippen molar-refractivity contribution in [2.75, 3.05) is 6.54 Å². The Kier molecular flexibility index (Phi) is 3.24. The Hall–Kier alpha value is -0.340. The van der Waals surface area contributed by atoms with Crippen LogP contribution in [0.3, 0.4) is 0 Å². The summed E-state index contributed by atoms with van der Waals surface area (Å²) in [5.41, 5.74) is 0. The first kappa shape index (κ1) is 10.2. The fourth-order valence-corrected chi connectivity index (χ4v) is 2.63. The maximum absolute atomic E-state index is 9.10. The van der Waals surface area contributed by atoms with E-state index in [1.807, 2.05) is 6.92 Å². The van der Waals surface area contributed by atoms with Gasteiger partial charge in [0.1, 0.15) is 0 Å². The molecule has 2 heteroatoms. The summed E-state index contributed by atoms with van der Waals surface area (Å²) in [5, 5.41) is 12.7. The van der Waals surface area contributed by atoms with Crippen LogP contribution < -0.4 is 5.32 Å². The zero-order valence-electron chi connectivity index (χ0n) is 8.95. The molecule has 0 radical (unpaired) electrons. The number of rotatable bonds is 5. The van der Waals surface area contributed by atoms with Gasteiger partial charge in [0.05, 0.1) is 6.10 Å². The first-order valence-corrected chi connectivity index (χ1v) is 5.85. The number of aliphatic hydroxyl groups excluding tert-OH is 1. The largest absolute Gasteiger partial charge is 0.393 e. The van der Waals surface area contributed by atoms with E-state index in [1.54, 1.807) is 0 Å². The Labute approximate surface area is 86.4 Å². The molecule has 1 saturated carbocycles. The fourth-order valence-electron chi connectivity index (χ4n) is 2.63. The summed E-state index contributed by atoms with van der Waals surface area (Å²) in [5.74, 6) is 1.77. The van der Waals surface area contributed by atoms with Gasteiger partial charge in [0.25, 0.3) is 0 Å². The van der Waals surface area contributed by atoms with Crippen molar-refractivity contribution in [3.05, 3.63) is 12.2 Å². The standard InChI is InChI=1S/C12H21NO/c1-9(14)4-3-7-13-12-8-10-5-2-6-11(10)12/h2,6,9-14H,3-5,7-8H2,1H3. The van der Waals surface area contributed by atoms with Crippen LogP contribution >= 0.6 is 0 Å². The second-order valence-electron chi connectivity index (χ2n) is 4.79. The monoisotopic (exact) mass is 195 g/mol. The molecule has 0 saturated heterocycles. The third-order valence-electron chi connectivity index (χ3n) is 3.57. The molecule has 1 fully saturated rings. The Bertz CT molecular complexity index is 212. The molecular formula is C12H21NO. The second kappa shape index (κ2) is 4.45. The first-order chi connectivity index (χ1) is 6.77. The van der Waals surface area contributed by atoms with Gasteiger partial charge < -0.3 is 10.4 Å². The van der Waals surface area contributed by atoms with Crippen LogP contribution in [-0.4, -0.2) is 23.8 Å². The van der Waals surface area contributed by atoms with Crippen LogP contribution in [0.5, 0.6) is 0 Å². The van der Waals surface area contributed by atoms with Crippen LogP contribution in [0, 0.1) is 11.8 Å². The molecule has 2 N–H and O–H groups in total. The van der Waals surface area contributed by atoms with Gasteiger partial charge in [0.15, 0.2) is 0 Å². The lowest BCUT2D eigenvalue weighted by atomic mass is 9.71. The molecule has 2 aliphatic rings. The van der Waals surface area contributed by atoms with Crippen molar-refractivity contribution in [3.8, 4) is 0 Å². The second-order valence-corrected chi connectivity index (χ2v) is 4.79. The molecule has 80 valence electrons. The summed E-state index contributed by atoms with van der Waals surface area (Å²) in [7, 11) is 0. The molecule has 0 aliphatic heterocycles. The Morgan fingerprint density at radius 3 is 3.14 bits per heavy atom. The molecular weight excluding hydrogens is 174 g/mol. The molecule has 0 aromatic carbocycles. The normalized spacial score (nSPS) is 36.6. The van der Waals surface area contributed by atoms with Crippen molar-refractivity contribution < 1.29 is 5.11 Å². The lowest BCUT2D eigenvalue weighted by Crippen LogP contribution is -2.48. The highest BCUT2D eigenvalue weighted by Crippen LogP contribution is 2.42. The molecule has 0 bridgehead atoms. The van der Waals surface area contributed by atoms with Crippen LogP contribution in [-0.2, 0) is 0 Å². The van der Waals surface area contributed by atoms with Gasteiger partial charge in [0, 0.05) is 6.04 Å². The van der Waals surface area contributed by atoms with Crippen LogP contribution in [0.2, 0.25) is 0 Å². The molecule has 0 spiro atoms. The summed E-state index contributed by atoms with van der Waals surface area (Å²) in [6.45, 7) is 2.92. The van der Waals surface area contributed by atoms with Gasteiger partial charge in [0.2, 0.25) is 0 Å². The summed E-state index contributed by atoms with van der Waals surface area (Å²) >= 11 is 0. The van der Waals surface area contributed by atoms with E-state index in [4.69, 9.17) is 5.11 Å². The molecule has 0 aromatic rings. The van der Waals surface area contributed by atoms with Gasteiger partial charge in [-0.1, -0.05) is 12.2 Å². The van der Waals surface area contributed by atoms with E-state index in [0.717, 1.165) is 37.3 Å². The summed E-state index contributed by atoms with van der Waals surface area (Å²) in [6, 6.07) is 0.729. The minimum absolute atomic E-state index is 0.141. The van der Waals surface area contributed by atoms with E-state index in [1.165, 1.54) is 12.8 Å². The highest BCUT2D eigenvalue weighted by Gasteiger charge is 2.40. The first-order valence-electron chi connectivity index (χ1n) is 5.85. The molecule has 4 unspecified atom stereocenters. The smallest absolute Gasteiger partial charge is 0.0512 e. The van der Waals surface area contributed by atoms with Crippen LogP contribution in [0.1, 0.15) is 32.6 Å². The summed E-state index contributed by atoms with van der Waals surface area (Å²) < 4.78 is 0. The molecule has 2 rings (SSSR count). The van der Waals surface area contributed by atoms with Gasteiger partial charge in [-0.2, -0.15) is 0 Å². The fraction of sp³-hybridized carbons (Fsp3) is 0.833. The minimum Gasteiger partial charge on any atom is -0.393 e. The average molecular weight is 195 g/mol. The molecule has 14 heavy (non-hydrogen) atoms. The molecule has 0 heterocycles. The van der Waals surface area contributed by atoms with Crippen molar-refractivity contribution in [3.63, 3.8) is 0 Å². The lowest BCUT2D eigenvalue weighted by Gasteiger charge is -2.40. The maximum atomic E-state index is 9.10. The van der Waals surface area contributed by atoms with Crippen molar-refractivity contribution in [2.24, 2.45) is 11.8 Å². The van der Waals surface area contributed by atoms with E-state index in [0.29, 0.717) is 0 Å². The predicted octanol–water partition coefficient (Wildman–Crippen LogP) is 1.70. The van der Waals surface area contributed by atoms with Gasteiger partial charge in [-0.05, 0) is 51.0 Å². The summed E-state index contributed by atoms with van der Waals surface area (Å²) in [6.07, 6.45) is 9.23. The number of fused-ring (bicyclic) bond motifs is 1. The van der Waals surface area contributed by atoms with E-state index in [-0.39, 0.29) is 6.10 Å². The SMILES string of the molecule is CC(O)CCCNC1CC2CC=CC21. The van der Waals surface area contributed by atoms with Crippen molar-refractivity contribution in [1.82, 2.24) is 5.32 Å². The number of allylic oxidation sites excluding steroid dienone is 1. The molecule has 0 aromatic heterocycles. The van der Waals surface area contributed by atoms with Gasteiger partial charge in [-0.15, -0.1) is 0 Å². The topological polar surface area (TPSA) is 32.3 Å². The minimum atomic E-state index is -0.141. The quantitative estimate of drug-likeness (QED) is 0.517. The third kappa shape index (κ3) is 2.18. The lowest BCUT2D eigenvalue weighted by molar-refractivity contribution is 0.155. The van der Waals surface area contributed by atoms with E-state index in [2.05, 4.69) is 17.5 Å². The van der Waals surface area contributed by atoms with E-state index >= 15 is 0 Å². The average Bonchev–Trinajstić information content (AvgIpc) is 2.46. The van der Waals surface area contributed by atoms with Crippen LogP contribution in [0.25, 0.3) is 0 Å². The highest BCUT2D eigenvalue weighted by molar-refractivity contribution is 5.12. The third-order valence-corrected chi connectivity index (χ3v) is 3.57. The zero-order chi connectivity index (χ0) is 9.97. The number of hydrogen-bond donors (Lipinski definition) is 2. The molecule has 0 amide bonds. The maximum Gasteiger partial charge on any atom is 0.0512 e. The molecule has 2 aliphatic carbocycles. The zero-order valence-corrected chi connectivity index (χ0v) is 8.95. The van der Waals surface area contributed by atoms with Crippen LogP contribution in [0.15, 0.2) is 12.2 Å². The predicted molar refractivity (Wildman–Crippen MR) is 58.1 cm³/mol. The van der Waals surface area contributed by atoms with Gasteiger partial charge in [-0.25, -0.2) is 0 Å². The number of aliphatic hydroxyl groups is 1.